The van der Waals surface area contributed by atoms with Crippen molar-refractivity contribution in [1.82, 2.24) is 0 Å². The van der Waals surface area contributed by atoms with Gasteiger partial charge in [0.25, 0.3) is 0 Å². The van der Waals surface area contributed by atoms with Crippen molar-refractivity contribution in [2.24, 2.45) is 0 Å². The Bertz CT molecular complexity index is 360. The second kappa shape index (κ2) is 3.26. The van der Waals surface area contributed by atoms with Crippen LogP contribution in [0.1, 0.15) is 0 Å². The normalized spacial score (nSPS) is 11.2. The highest BCUT2D eigenvalue weighted by Crippen LogP contribution is 2.40. The lowest BCUT2D eigenvalue weighted by Crippen LogP contribution is -1.94. The van der Waals surface area contributed by atoms with Gasteiger partial charge in [-0.1, -0.05) is 0 Å². The summed E-state index contributed by atoms with van der Waals surface area (Å²) in [5.41, 5.74) is 5.26. The van der Waals surface area contributed by atoms with Gasteiger partial charge in [0.1, 0.15) is 5.75 Å². The zero-order valence-corrected chi connectivity index (χ0v) is 7.31. The summed E-state index contributed by atoms with van der Waals surface area (Å²) in [6, 6.07) is 3.51. The Morgan fingerprint density at radius 3 is 2.46 bits per heavy atom. The molecule has 6 nitrogen and oxygen atoms in total. The van der Waals surface area contributed by atoms with E-state index in [2.05, 4.69) is 4.52 Å². The van der Waals surface area contributed by atoms with Crippen LogP contribution in [0.15, 0.2) is 18.2 Å². The van der Waals surface area contributed by atoms with E-state index in [0.717, 1.165) is 6.07 Å². The third-order valence-corrected chi connectivity index (χ3v) is 1.65. The number of phosphoric acid groups is 1. The lowest BCUT2D eigenvalue weighted by molar-refractivity contribution is 0.283. The number of hydrogen-bond donors (Lipinski definition) is 4. The number of phenolic OH excluding ortho intramolecular Hbond substituents is 1. The Hall–Kier alpha value is -1.23. The van der Waals surface area contributed by atoms with Crippen molar-refractivity contribution >= 4 is 13.5 Å². The fourth-order valence-corrected chi connectivity index (χ4v) is 1.17. The first-order valence-corrected chi connectivity index (χ1v) is 4.75. The zero-order valence-electron chi connectivity index (χ0n) is 6.41. The Morgan fingerprint density at radius 2 is 2.00 bits per heavy atom. The summed E-state index contributed by atoms with van der Waals surface area (Å²) in [7, 11) is -4.59. The minimum Gasteiger partial charge on any atom is -0.508 e. The molecule has 1 aromatic carbocycles. The maximum absolute atomic E-state index is 10.4. The van der Waals surface area contributed by atoms with Gasteiger partial charge in [-0.15, -0.1) is 0 Å². The van der Waals surface area contributed by atoms with E-state index in [1.54, 1.807) is 0 Å². The maximum atomic E-state index is 10.4. The molecular weight excluding hydrogens is 197 g/mol. The largest absolute Gasteiger partial charge is 0.524 e. The number of nitrogens with two attached hydrogens (primary N) is 1. The van der Waals surface area contributed by atoms with Crippen LogP contribution in [0.5, 0.6) is 11.5 Å². The summed E-state index contributed by atoms with van der Waals surface area (Å²) in [5, 5.41) is 8.91. The number of anilines is 1. The van der Waals surface area contributed by atoms with Crippen LogP contribution in [0.3, 0.4) is 0 Å². The molecular formula is C6H8NO5P. The number of phosphoric ester groups is 1. The van der Waals surface area contributed by atoms with E-state index in [1.807, 2.05) is 0 Å². The average molecular weight is 205 g/mol. The highest BCUT2D eigenvalue weighted by atomic mass is 31.2. The molecule has 0 aliphatic heterocycles. The monoisotopic (exact) mass is 205 g/mol. The Labute approximate surface area is 73.8 Å². The van der Waals surface area contributed by atoms with Gasteiger partial charge in [0.2, 0.25) is 0 Å². The zero-order chi connectivity index (χ0) is 10.1. The molecule has 0 saturated carbocycles. The first-order chi connectivity index (χ1) is 5.88. The highest BCUT2D eigenvalue weighted by molar-refractivity contribution is 7.46. The van der Waals surface area contributed by atoms with Gasteiger partial charge >= 0.3 is 7.82 Å². The third kappa shape index (κ3) is 2.95. The van der Waals surface area contributed by atoms with E-state index >= 15 is 0 Å². The van der Waals surface area contributed by atoms with Gasteiger partial charge in [-0.2, -0.15) is 0 Å². The maximum Gasteiger partial charge on any atom is 0.524 e. The first-order valence-electron chi connectivity index (χ1n) is 3.22. The summed E-state index contributed by atoms with van der Waals surface area (Å²) in [6.07, 6.45) is 0. The number of rotatable bonds is 2. The topological polar surface area (TPSA) is 113 Å². The summed E-state index contributed by atoms with van der Waals surface area (Å²) in [4.78, 5) is 16.9. The molecule has 0 atom stereocenters. The lowest BCUT2D eigenvalue weighted by atomic mass is 10.3. The predicted octanol–water partition coefficient (Wildman–Crippen LogP) is 0.446. The SMILES string of the molecule is Nc1cc(O)ccc1OP(=O)(O)O. The summed E-state index contributed by atoms with van der Waals surface area (Å²) < 4.78 is 14.6. The molecule has 7 heteroatoms. The van der Waals surface area contributed by atoms with Crippen LogP contribution in [-0.4, -0.2) is 14.9 Å². The van der Waals surface area contributed by atoms with Crippen LogP contribution in [-0.2, 0) is 4.57 Å². The molecule has 0 aliphatic carbocycles. The Kier molecular flexibility index (Phi) is 2.47. The smallest absolute Gasteiger partial charge is 0.508 e. The first kappa shape index (κ1) is 9.85. The van der Waals surface area contributed by atoms with Crippen LogP contribution in [0.4, 0.5) is 5.69 Å². The Morgan fingerprint density at radius 1 is 1.38 bits per heavy atom. The summed E-state index contributed by atoms with van der Waals surface area (Å²) in [6.45, 7) is 0. The quantitative estimate of drug-likeness (QED) is 0.411. The number of phenols is 1. The Balaban J connectivity index is 2.97. The van der Waals surface area contributed by atoms with Gasteiger partial charge < -0.3 is 15.4 Å². The van der Waals surface area contributed by atoms with Crippen LogP contribution in [0, 0.1) is 0 Å². The van der Waals surface area contributed by atoms with Crippen LogP contribution in [0.2, 0.25) is 0 Å². The molecule has 0 unspecified atom stereocenters. The fraction of sp³-hybridized carbons (Fsp3) is 0. The van der Waals surface area contributed by atoms with Crippen LogP contribution >= 0.6 is 7.82 Å². The molecule has 1 aromatic rings. The van der Waals surface area contributed by atoms with Gasteiger partial charge in [-0.3, -0.25) is 9.79 Å². The number of benzene rings is 1. The molecule has 72 valence electrons. The van der Waals surface area contributed by atoms with Gasteiger partial charge in [-0.25, -0.2) is 4.57 Å². The van der Waals surface area contributed by atoms with Crippen molar-refractivity contribution in [2.75, 3.05) is 5.73 Å². The van der Waals surface area contributed by atoms with Crippen molar-refractivity contribution in [3.63, 3.8) is 0 Å². The fourth-order valence-electron chi connectivity index (χ4n) is 0.747. The molecule has 0 heterocycles. The predicted molar refractivity (Wildman–Crippen MR) is 45.2 cm³/mol. The molecule has 13 heavy (non-hydrogen) atoms. The van der Waals surface area contributed by atoms with Crippen molar-refractivity contribution in [3.05, 3.63) is 18.2 Å². The molecule has 5 N–H and O–H groups in total. The molecule has 0 aliphatic rings. The van der Waals surface area contributed by atoms with Gasteiger partial charge in [-0.05, 0) is 12.1 Å². The van der Waals surface area contributed by atoms with Gasteiger partial charge in [0.15, 0.2) is 5.75 Å². The minimum atomic E-state index is -4.59. The molecule has 0 fully saturated rings. The standard InChI is InChI=1S/C6H8NO5P/c7-5-3-4(8)1-2-6(5)12-13(9,10)11/h1-3,8H,7H2,(H2,9,10,11). The summed E-state index contributed by atoms with van der Waals surface area (Å²) in [5.74, 6) is -0.262. The molecule has 0 amide bonds. The van der Waals surface area contributed by atoms with Crippen molar-refractivity contribution < 1.29 is 24.0 Å². The van der Waals surface area contributed by atoms with Gasteiger partial charge in [0, 0.05) is 6.07 Å². The van der Waals surface area contributed by atoms with Gasteiger partial charge in [0.05, 0.1) is 5.69 Å². The number of aromatic hydroxyl groups is 1. The molecule has 0 bridgehead atoms. The van der Waals surface area contributed by atoms with E-state index in [9.17, 15) is 4.57 Å². The van der Waals surface area contributed by atoms with Crippen molar-refractivity contribution in [3.8, 4) is 11.5 Å². The second-order valence-electron chi connectivity index (χ2n) is 2.30. The van der Waals surface area contributed by atoms with E-state index in [4.69, 9.17) is 20.6 Å². The minimum absolute atomic E-state index is 0.0386. The van der Waals surface area contributed by atoms with E-state index in [1.165, 1.54) is 12.1 Å². The molecule has 0 saturated heterocycles. The summed E-state index contributed by atoms with van der Waals surface area (Å²) >= 11 is 0. The number of nitrogen functional groups attached to an aromatic ring is 1. The van der Waals surface area contributed by atoms with Crippen molar-refractivity contribution in [2.45, 2.75) is 0 Å². The van der Waals surface area contributed by atoms with Crippen molar-refractivity contribution in [1.29, 1.82) is 0 Å². The molecule has 1 rings (SSSR count). The van der Waals surface area contributed by atoms with E-state index < -0.39 is 7.82 Å². The average Bonchev–Trinajstić information content (AvgIpc) is 1.93. The number of hydrogen-bond acceptors (Lipinski definition) is 4. The molecule has 0 radical (unpaired) electrons. The lowest BCUT2D eigenvalue weighted by Gasteiger charge is -2.08. The van der Waals surface area contributed by atoms with E-state index in [0.29, 0.717) is 0 Å². The third-order valence-electron chi connectivity index (χ3n) is 1.21. The highest BCUT2D eigenvalue weighted by Gasteiger charge is 2.17. The van der Waals surface area contributed by atoms with Crippen LogP contribution in [0.25, 0.3) is 0 Å². The molecule has 0 aromatic heterocycles. The van der Waals surface area contributed by atoms with E-state index in [-0.39, 0.29) is 17.2 Å². The van der Waals surface area contributed by atoms with Crippen LogP contribution < -0.4 is 10.3 Å². The second-order valence-corrected chi connectivity index (χ2v) is 3.47. The molecule has 0 spiro atoms.